The maximum atomic E-state index is 12.0. The van der Waals surface area contributed by atoms with Gasteiger partial charge in [0.15, 0.2) is 0 Å². The van der Waals surface area contributed by atoms with Gasteiger partial charge < -0.3 is 20.6 Å². The monoisotopic (exact) mass is 305 g/mol. The summed E-state index contributed by atoms with van der Waals surface area (Å²) in [7, 11) is 4.00. The highest BCUT2D eigenvalue weighted by Crippen LogP contribution is 2.23. The molecule has 1 fully saturated rings. The number of hydrogen-bond acceptors (Lipinski definition) is 3. The lowest BCUT2D eigenvalue weighted by Crippen LogP contribution is -2.47. The molecule has 0 spiro atoms. The molecule has 5 heteroatoms. The molecular weight excluding hydrogens is 278 g/mol. The largest absolute Gasteiger partial charge is 0.396 e. The molecular formula is C17H27N3O2. The molecule has 0 heterocycles. The summed E-state index contributed by atoms with van der Waals surface area (Å²) in [6.45, 7) is 0.660. The molecule has 2 atom stereocenters. The van der Waals surface area contributed by atoms with Gasteiger partial charge >= 0.3 is 6.03 Å². The summed E-state index contributed by atoms with van der Waals surface area (Å²) in [5, 5.41) is 15.3. The number of anilines is 1. The molecule has 22 heavy (non-hydrogen) atoms. The number of benzene rings is 1. The quantitative estimate of drug-likeness (QED) is 0.780. The first-order valence-corrected chi connectivity index (χ1v) is 8.01. The van der Waals surface area contributed by atoms with Gasteiger partial charge in [-0.2, -0.15) is 0 Å². The van der Waals surface area contributed by atoms with Crippen LogP contribution in [-0.2, 0) is 6.54 Å². The molecule has 1 aliphatic rings. The van der Waals surface area contributed by atoms with Crippen LogP contribution in [0.1, 0.15) is 31.2 Å². The Kier molecular flexibility index (Phi) is 6.07. The molecule has 5 nitrogen and oxygen atoms in total. The van der Waals surface area contributed by atoms with Crippen molar-refractivity contribution in [3.8, 4) is 0 Å². The van der Waals surface area contributed by atoms with Crippen LogP contribution in [0.4, 0.5) is 10.5 Å². The van der Waals surface area contributed by atoms with E-state index in [0.717, 1.165) is 36.9 Å². The van der Waals surface area contributed by atoms with Crippen LogP contribution < -0.4 is 15.5 Å². The van der Waals surface area contributed by atoms with Gasteiger partial charge in [-0.25, -0.2) is 4.79 Å². The number of aliphatic hydroxyl groups excluding tert-OH is 1. The first kappa shape index (κ1) is 16.6. The standard InChI is InChI=1S/C17H27N3O2/c1-20(2)15-9-7-13(8-10-15)11-18-17(22)19-16-6-4-3-5-14(16)12-21/h7-10,14,16,21H,3-6,11-12H2,1-2H3,(H2,18,19,22). The molecule has 2 unspecified atom stereocenters. The molecule has 3 N–H and O–H groups in total. The zero-order valence-electron chi connectivity index (χ0n) is 13.5. The SMILES string of the molecule is CN(C)c1ccc(CNC(=O)NC2CCCCC2CO)cc1. The fraction of sp³-hybridized carbons (Fsp3) is 0.588. The van der Waals surface area contributed by atoms with Gasteiger partial charge in [0.2, 0.25) is 0 Å². The number of aliphatic hydroxyl groups is 1. The van der Waals surface area contributed by atoms with Gasteiger partial charge in [0, 0.05) is 44.9 Å². The number of nitrogens with one attached hydrogen (secondary N) is 2. The summed E-state index contributed by atoms with van der Waals surface area (Å²) < 4.78 is 0. The summed E-state index contributed by atoms with van der Waals surface area (Å²) >= 11 is 0. The van der Waals surface area contributed by atoms with Crippen LogP contribution in [0.5, 0.6) is 0 Å². The van der Waals surface area contributed by atoms with Gasteiger partial charge in [-0.1, -0.05) is 25.0 Å². The van der Waals surface area contributed by atoms with Crippen molar-refractivity contribution in [3.05, 3.63) is 29.8 Å². The average Bonchev–Trinajstić information content (AvgIpc) is 2.54. The van der Waals surface area contributed by atoms with Crippen LogP contribution in [0.2, 0.25) is 0 Å². The van der Waals surface area contributed by atoms with E-state index in [2.05, 4.69) is 10.6 Å². The van der Waals surface area contributed by atoms with E-state index < -0.39 is 0 Å². The zero-order chi connectivity index (χ0) is 15.9. The first-order valence-electron chi connectivity index (χ1n) is 8.01. The molecule has 0 radical (unpaired) electrons. The van der Waals surface area contributed by atoms with E-state index in [1.165, 1.54) is 0 Å². The van der Waals surface area contributed by atoms with Crippen molar-refractivity contribution in [1.29, 1.82) is 0 Å². The maximum Gasteiger partial charge on any atom is 0.315 e. The number of rotatable bonds is 5. The molecule has 1 aliphatic carbocycles. The number of carbonyl (C=O) groups is 1. The molecule has 1 aromatic carbocycles. The van der Waals surface area contributed by atoms with Crippen molar-refractivity contribution in [3.63, 3.8) is 0 Å². The lowest BCUT2D eigenvalue weighted by Gasteiger charge is -2.30. The zero-order valence-corrected chi connectivity index (χ0v) is 13.5. The predicted molar refractivity (Wildman–Crippen MR) is 89.0 cm³/mol. The van der Waals surface area contributed by atoms with E-state index in [4.69, 9.17) is 0 Å². The molecule has 2 amide bonds. The van der Waals surface area contributed by atoms with Crippen LogP contribution in [0.3, 0.4) is 0 Å². The fourth-order valence-electron chi connectivity index (χ4n) is 2.93. The molecule has 0 aliphatic heterocycles. The summed E-state index contributed by atoms with van der Waals surface area (Å²) in [5.74, 6) is 0.193. The van der Waals surface area contributed by atoms with Gasteiger partial charge in [-0.15, -0.1) is 0 Å². The van der Waals surface area contributed by atoms with Gasteiger partial charge in [0.05, 0.1) is 0 Å². The number of amides is 2. The highest BCUT2D eigenvalue weighted by Gasteiger charge is 2.25. The minimum Gasteiger partial charge on any atom is -0.396 e. The summed E-state index contributed by atoms with van der Waals surface area (Å²) in [5.41, 5.74) is 2.21. The fourth-order valence-corrected chi connectivity index (χ4v) is 2.93. The van der Waals surface area contributed by atoms with Gasteiger partial charge in [-0.3, -0.25) is 0 Å². The Morgan fingerprint density at radius 1 is 1.23 bits per heavy atom. The average molecular weight is 305 g/mol. The Labute approximate surface area is 132 Å². The minimum absolute atomic E-state index is 0.0925. The predicted octanol–water partition coefficient (Wildman–Crippen LogP) is 2.10. The van der Waals surface area contributed by atoms with E-state index >= 15 is 0 Å². The van der Waals surface area contributed by atoms with Crippen molar-refractivity contribution in [2.75, 3.05) is 25.6 Å². The van der Waals surface area contributed by atoms with Crippen molar-refractivity contribution >= 4 is 11.7 Å². The number of hydrogen-bond donors (Lipinski definition) is 3. The summed E-state index contributed by atoms with van der Waals surface area (Å²) in [6, 6.07) is 8.06. The third-order valence-electron chi connectivity index (χ3n) is 4.37. The van der Waals surface area contributed by atoms with Crippen LogP contribution >= 0.6 is 0 Å². The smallest absolute Gasteiger partial charge is 0.315 e. The second-order valence-corrected chi connectivity index (χ2v) is 6.22. The first-order chi connectivity index (χ1) is 10.6. The number of nitrogens with zero attached hydrogens (tertiary/aromatic N) is 1. The Morgan fingerprint density at radius 2 is 1.91 bits per heavy atom. The summed E-state index contributed by atoms with van der Waals surface area (Å²) in [4.78, 5) is 14.1. The van der Waals surface area contributed by atoms with E-state index in [1.807, 2.05) is 43.3 Å². The van der Waals surface area contributed by atoms with Crippen LogP contribution in [0.15, 0.2) is 24.3 Å². The third kappa shape index (κ3) is 4.63. The number of carbonyl (C=O) groups excluding carboxylic acids is 1. The molecule has 0 aromatic heterocycles. The third-order valence-corrected chi connectivity index (χ3v) is 4.37. The van der Waals surface area contributed by atoms with E-state index in [-0.39, 0.29) is 24.6 Å². The van der Waals surface area contributed by atoms with Gasteiger partial charge in [0.1, 0.15) is 0 Å². The normalized spacial score (nSPS) is 21.2. The lowest BCUT2D eigenvalue weighted by molar-refractivity contribution is 0.153. The second kappa shape index (κ2) is 8.03. The maximum absolute atomic E-state index is 12.0. The van der Waals surface area contributed by atoms with Crippen molar-refractivity contribution < 1.29 is 9.90 Å². The van der Waals surface area contributed by atoms with Crippen LogP contribution in [0, 0.1) is 5.92 Å². The molecule has 0 saturated heterocycles. The number of urea groups is 1. The van der Waals surface area contributed by atoms with Crippen LogP contribution in [-0.4, -0.2) is 37.9 Å². The molecule has 122 valence electrons. The Hall–Kier alpha value is -1.75. The Balaban J connectivity index is 1.79. The Bertz CT molecular complexity index is 473. The topological polar surface area (TPSA) is 64.6 Å². The van der Waals surface area contributed by atoms with Crippen molar-refractivity contribution in [2.45, 2.75) is 38.3 Å². The molecule has 1 saturated carbocycles. The summed E-state index contributed by atoms with van der Waals surface area (Å²) in [6.07, 6.45) is 4.21. The van der Waals surface area contributed by atoms with Gasteiger partial charge in [-0.05, 0) is 30.5 Å². The highest BCUT2D eigenvalue weighted by molar-refractivity contribution is 5.74. The molecule has 1 aromatic rings. The van der Waals surface area contributed by atoms with E-state index in [9.17, 15) is 9.90 Å². The minimum atomic E-state index is -0.151. The molecule has 0 bridgehead atoms. The van der Waals surface area contributed by atoms with Gasteiger partial charge in [0.25, 0.3) is 0 Å². The van der Waals surface area contributed by atoms with Crippen molar-refractivity contribution in [2.24, 2.45) is 5.92 Å². The second-order valence-electron chi connectivity index (χ2n) is 6.22. The lowest BCUT2D eigenvalue weighted by atomic mass is 9.85. The van der Waals surface area contributed by atoms with E-state index in [1.54, 1.807) is 0 Å². The highest BCUT2D eigenvalue weighted by atomic mass is 16.3. The van der Waals surface area contributed by atoms with Crippen LogP contribution in [0.25, 0.3) is 0 Å². The Morgan fingerprint density at radius 3 is 2.55 bits per heavy atom. The van der Waals surface area contributed by atoms with Crippen molar-refractivity contribution in [1.82, 2.24) is 10.6 Å². The molecule has 2 rings (SSSR count). The van der Waals surface area contributed by atoms with E-state index in [0.29, 0.717) is 6.54 Å².